The topological polar surface area (TPSA) is 74.7 Å². The Morgan fingerprint density at radius 2 is 1.76 bits per heavy atom. The van der Waals surface area contributed by atoms with Gasteiger partial charge in [0.05, 0.1) is 0 Å². The zero-order chi connectivity index (χ0) is 20.6. The summed E-state index contributed by atoms with van der Waals surface area (Å²) in [5.74, 6) is -0.339. The molecule has 1 saturated carbocycles. The Balaban J connectivity index is 1.45. The van der Waals surface area contributed by atoms with Crippen molar-refractivity contribution in [1.29, 1.82) is 0 Å². The molecule has 2 fully saturated rings. The van der Waals surface area contributed by atoms with Gasteiger partial charge in [0.25, 0.3) is 5.91 Å². The Labute approximate surface area is 174 Å². The van der Waals surface area contributed by atoms with E-state index in [2.05, 4.69) is 12.1 Å². The summed E-state index contributed by atoms with van der Waals surface area (Å²) in [5, 5.41) is 9.60. The number of benzene rings is 1. The molecule has 1 N–H and O–H groups in total. The lowest BCUT2D eigenvalue weighted by Gasteiger charge is -2.27. The quantitative estimate of drug-likeness (QED) is 0.465. The van der Waals surface area contributed by atoms with Crippen molar-refractivity contribution in [3.05, 3.63) is 35.9 Å². The standard InChI is InChI=1S/C23H32NO4P/c25-22(17-29(28)14-8-7-11-18-9-3-1-4-10-18)24-16-20(15-21(24)23(26)27)19-12-5-2-6-13-19/h1,3-4,9-10,19-21H,2,5-8,11-17H2/p+1/t20-,21+/m1/s1. The van der Waals surface area contributed by atoms with Crippen molar-refractivity contribution < 1.29 is 19.3 Å². The smallest absolute Gasteiger partial charge is 0.348 e. The van der Waals surface area contributed by atoms with E-state index in [1.807, 2.05) is 18.2 Å². The van der Waals surface area contributed by atoms with Gasteiger partial charge in [0.15, 0.2) is 0 Å². The predicted molar refractivity (Wildman–Crippen MR) is 115 cm³/mol. The first kappa shape index (κ1) is 22.0. The van der Waals surface area contributed by atoms with Crippen molar-refractivity contribution in [1.82, 2.24) is 4.90 Å². The van der Waals surface area contributed by atoms with Crippen LogP contribution in [0.25, 0.3) is 0 Å². The van der Waals surface area contributed by atoms with Crippen LogP contribution in [0.4, 0.5) is 0 Å². The zero-order valence-electron chi connectivity index (χ0n) is 17.2. The minimum absolute atomic E-state index is 0.0121. The highest BCUT2D eigenvalue weighted by Crippen LogP contribution is 2.38. The highest BCUT2D eigenvalue weighted by Gasteiger charge is 2.43. The molecule has 3 rings (SSSR count). The molecule has 0 aromatic heterocycles. The van der Waals surface area contributed by atoms with Gasteiger partial charge in [-0.3, -0.25) is 4.79 Å². The lowest BCUT2D eigenvalue weighted by atomic mass is 9.79. The maximum absolute atomic E-state index is 12.7. The number of amides is 1. The summed E-state index contributed by atoms with van der Waals surface area (Å²) >= 11 is 0. The fourth-order valence-corrected chi connectivity index (χ4v) is 6.13. The highest BCUT2D eigenvalue weighted by molar-refractivity contribution is 7.45. The number of hydrogen-bond acceptors (Lipinski definition) is 3. The van der Waals surface area contributed by atoms with Gasteiger partial charge in [-0.2, -0.15) is 0 Å². The normalized spacial score (nSPS) is 23.2. The number of rotatable bonds is 9. The van der Waals surface area contributed by atoms with Crippen LogP contribution in [-0.2, 0) is 20.6 Å². The Morgan fingerprint density at radius 3 is 2.45 bits per heavy atom. The van der Waals surface area contributed by atoms with Gasteiger partial charge in [0, 0.05) is 6.54 Å². The summed E-state index contributed by atoms with van der Waals surface area (Å²) in [6.45, 7) is 0.525. The molecule has 1 unspecified atom stereocenters. The number of nitrogens with zero attached hydrogens (tertiary/aromatic N) is 1. The van der Waals surface area contributed by atoms with E-state index in [0.29, 0.717) is 25.0 Å². The molecule has 158 valence electrons. The average Bonchev–Trinajstić information content (AvgIpc) is 3.19. The molecule has 2 aliphatic rings. The molecule has 29 heavy (non-hydrogen) atoms. The second-order valence-corrected chi connectivity index (χ2v) is 10.3. The van der Waals surface area contributed by atoms with Crippen LogP contribution in [0.1, 0.15) is 56.9 Å². The third kappa shape index (κ3) is 6.37. The molecular weight excluding hydrogens is 385 g/mol. The highest BCUT2D eigenvalue weighted by atomic mass is 31.1. The van der Waals surface area contributed by atoms with Gasteiger partial charge in [-0.05, 0) is 43.1 Å². The van der Waals surface area contributed by atoms with E-state index in [4.69, 9.17) is 0 Å². The Bertz CT molecular complexity index is 702. The lowest BCUT2D eigenvalue weighted by Crippen LogP contribution is -2.41. The molecule has 0 radical (unpaired) electrons. The van der Waals surface area contributed by atoms with Crippen molar-refractivity contribution in [2.75, 3.05) is 18.9 Å². The maximum atomic E-state index is 12.7. The predicted octanol–water partition coefficient (Wildman–Crippen LogP) is 4.72. The summed E-state index contributed by atoms with van der Waals surface area (Å²) in [6, 6.07) is 9.47. The first-order valence-corrected chi connectivity index (χ1v) is 12.7. The first-order valence-electron chi connectivity index (χ1n) is 11.0. The number of likely N-dealkylation sites (tertiary alicyclic amines) is 1. The molecule has 5 nitrogen and oxygen atoms in total. The summed E-state index contributed by atoms with van der Waals surface area (Å²) < 4.78 is 12.4. The molecule has 1 aromatic carbocycles. The van der Waals surface area contributed by atoms with Gasteiger partial charge in [-0.25, -0.2) is 4.79 Å². The van der Waals surface area contributed by atoms with Crippen LogP contribution in [0.2, 0.25) is 0 Å². The number of unbranched alkanes of at least 4 members (excludes halogenated alkanes) is 1. The molecule has 1 aromatic rings. The monoisotopic (exact) mass is 418 g/mol. The summed E-state index contributed by atoms with van der Waals surface area (Å²) in [5.41, 5.74) is 1.27. The number of carboxylic acids is 1. The van der Waals surface area contributed by atoms with E-state index in [0.717, 1.165) is 32.1 Å². The number of carbonyl (C=O) groups is 2. The van der Waals surface area contributed by atoms with E-state index in [1.54, 1.807) is 0 Å². The van der Waals surface area contributed by atoms with Crippen molar-refractivity contribution in [2.45, 2.75) is 63.8 Å². The third-order valence-corrected chi connectivity index (χ3v) is 7.97. The second-order valence-electron chi connectivity index (χ2n) is 8.60. The maximum Gasteiger partial charge on any atom is 0.348 e. The van der Waals surface area contributed by atoms with Gasteiger partial charge in [0.1, 0.15) is 12.2 Å². The zero-order valence-corrected chi connectivity index (χ0v) is 18.1. The largest absolute Gasteiger partial charge is 0.480 e. The molecule has 1 saturated heterocycles. The third-order valence-electron chi connectivity index (χ3n) is 6.53. The molecule has 0 bridgehead atoms. The van der Waals surface area contributed by atoms with Crippen LogP contribution >= 0.6 is 7.80 Å². The molecule has 1 aliphatic heterocycles. The average molecular weight is 418 g/mol. The van der Waals surface area contributed by atoms with Crippen LogP contribution < -0.4 is 0 Å². The van der Waals surface area contributed by atoms with E-state index in [-0.39, 0.29) is 18.0 Å². The van der Waals surface area contributed by atoms with E-state index in [9.17, 15) is 19.3 Å². The first-order chi connectivity index (χ1) is 14.0. The molecule has 0 spiro atoms. The number of carboxylic acid groups (broad SMARTS) is 1. The molecule has 1 aliphatic carbocycles. The number of aryl methyl sites for hydroxylation is 1. The lowest BCUT2D eigenvalue weighted by molar-refractivity contribution is -0.147. The molecule has 1 heterocycles. The van der Waals surface area contributed by atoms with Gasteiger partial charge in [0.2, 0.25) is 6.16 Å². The second kappa shape index (κ2) is 10.9. The minimum Gasteiger partial charge on any atom is -0.480 e. The van der Waals surface area contributed by atoms with Crippen LogP contribution in [0.3, 0.4) is 0 Å². The number of hydrogen-bond donors (Lipinski definition) is 1. The van der Waals surface area contributed by atoms with Crippen LogP contribution in [-0.4, -0.2) is 46.8 Å². The Hall–Kier alpha value is -1.74. The van der Waals surface area contributed by atoms with E-state index < -0.39 is 19.8 Å². The van der Waals surface area contributed by atoms with Gasteiger partial charge in [-0.15, -0.1) is 0 Å². The van der Waals surface area contributed by atoms with Gasteiger partial charge >= 0.3 is 13.8 Å². The molecular formula is C23H33NO4P+. The summed E-state index contributed by atoms with van der Waals surface area (Å²) in [4.78, 5) is 26.0. The number of carbonyl (C=O) groups excluding carboxylic acids is 1. The van der Waals surface area contributed by atoms with Crippen LogP contribution in [0.15, 0.2) is 30.3 Å². The number of aliphatic carboxylic acids is 1. The van der Waals surface area contributed by atoms with Crippen molar-refractivity contribution in [3.63, 3.8) is 0 Å². The molecule has 6 heteroatoms. The Morgan fingerprint density at radius 1 is 1.03 bits per heavy atom. The van der Waals surface area contributed by atoms with E-state index in [1.165, 1.54) is 29.7 Å². The Kier molecular flexibility index (Phi) is 8.23. The van der Waals surface area contributed by atoms with Crippen LogP contribution in [0, 0.1) is 11.8 Å². The van der Waals surface area contributed by atoms with Gasteiger partial charge in [-0.1, -0.05) is 67.0 Å². The van der Waals surface area contributed by atoms with Crippen LogP contribution in [0.5, 0.6) is 0 Å². The molecule has 1 amide bonds. The summed E-state index contributed by atoms with van der Waals surface area (Å²) in [7, 11) is -1.62. The SMILES string of the molecule is O=C(O)[C@@H]1C[C@@H](C2CCCCC2)CN1C(=O)C[P+](=O)CCCCc1ccccc1. The fourth-order valence-electron chi connectivity index (χ4n) is 4.91. The van der Waals surface area contributed by atoms with Crippen molar-refractivity contribution in [3.8, 4) is 0 Å². The fraction of sp³-hybridized carbons (Fsp3) is 0.652. The van der Waals surface area contributed by atoms with E-state index >= 15 is 0 Å². The molecule has 3 atom stereocenters. The van der Waals surface area contributed by atoms with Crippen molar-refractivity contribution in [2.24, 2.45) is 11.8 Å². The van der Waals surface area contributed by atoms with Gasteiger partial charge < -0.3 is 10.0 Å². The van der Waals surface area contributed by atoms with Crippen molar-refractivity contribution >= 4 is 19.7 Å². The minimum atomic E-state index is -1.62. The summed E-state index contributed by atoms with van der Waals surface area (Å²) in [6.07, 6.45) is 9.78.